The molecule has 0 fully saturated rings. The molecule has 0 saturated heterocycles. The number of hydrogen-bond acceptors (Lipinski definition) is 0. The topological polar surface area (TPSA) is 8.81 Å². The minimum atomic E-state index is 0.999. The fraction of sp³-hybridized carbons (Fsp3) is 0.750. The lowest BCUT2D eigenvalue weighted by molar-refractivity contribution is -0.695. The van der Waals surface area contributed by atoms with Gasteiger partial charge in [-0.25, -0.2) is 9.13 Å². The summed E-state index contributed by atoms with van der Waals surface area (Å²) in [5.41, 5.74) is 1.41. The molecule has 0 amide bonds. The average molecular weight is 524 g/mol. The van der Waals surface area contributed by atoms with Crippen molar-refractivity contribution in [1.29, 1.82) is 0 Å². The number of imidazole rings is 1. The maximum atomic E-state index is 2.58. The van der Waals surface area contributed by atoms with Crippen LogP contribution in [-0.2, 0) is 19.5 Å². The van der Waals surface area contributed by atoms with Crippen LogP contribution in [-0.4, -0.2) is 4.57 Å². The molecule has 0 spiro atoms. The molecule has 0 aliphatic heterocycles. The van der Waals surface area contributed by atoms with Crippen LogP contribution in [0.5, 0.6) is 0 Å². The van der Waals surface area contributed by atoms with Crippen LogP contribution in [0.3, 0.4) is 0 Å². The van der Waals surface area contributed by atoms with E-state index in [4.69, 9.17) is 0 Å². The van der Waals surface area contributed by atoms with Crippen molar-refractivity contribution in [3.63, 3.8) is 0 Å². The predicted molar refractivity (Wildman–Crippen MR) is 167 cm³/mol. The summed E-state index contributed by atoms with van der Waals surface area (Å²) in [7, 11) is 0. The summed E-state index contributed by atoms with van der Waals surface area (Å²) < 4.78 is 5.09. The zero-order valence-corrected chi connectivity index (χ0v) is 25.6. The Balaban J connectivity index is 1.67. The Morgan fingerprint density at radius 3 is 1.47 bits per heavy atom. The van der Waals surface area contributed by atoms with Crippen LogP contribution >= 0.6 is 0 Å². The summed E-state index contributed by atoms with van der Waals surface area (Å²) in [4.78, 5) is 0. The maximum absolute atomic E-state index is 2.58. The van der Waals surface area contributed by atoms with Crippen LogP contribution in [0.2, 0.25) is 0 Å². The van der Waals surface area contributed by atoms with Gasteiger partial charge in [0.1, 0.15) is 18.9 Å². The second-order valence-electron chi connectivity index (χ2n) is 11.8. The molecule has 0 radical (unpaired) electrons. The molecule has 1 aromatic carbocycles. The van der Waals surface area contributed by atoms with Crippen LogP contribution in [0, 0.1) is 0 Å². The molecule has 2 aromatic rings. The molecule has 0 unspecified atom stereocenters. The van der Waals surface area contributed by atoms with Gasteiger partial charge in [-0.3, -0.25) is 0 Å². The molecule has 0 aliphatic rings. The highest BCUT2D eigenvalue weighted by Crippen LogP contribution is 2.15. The Kier molecular flexibility index (Phi) is 20.0. The van der Waals surface area contributed by atoms with E-state index in [1.165, 1.54) is 166 Å². The van der Waals surface area contributed by atoms with Gasteiger partial charge in [-0.05, 0) is 24.8 Å². The van der Waals surface area contributed by atoms with E-state index in [1.54, 1.807) is 0 Å². The molecule has 2 rings (SSSR count). The highest BCUT2D eigenvalue weighted by molar-refractivity contribution is 5.13. The van der Waals surface area contributed by atoms with E-state index in [2.05, 4.69) is 65.7 Å². The Labute approximate surface area is 237 Å². The summed E-state index contributed by atoms with van der Waals surface area (Å²) in [5, 5.41) is 0. The standard InChI is InChI=1S/C36H63N2/c1-3-5-7-9-11-13-15-17-19-21-26-30-36-37(32-33-38(36)34-35-28-24-23-25-29-35)31-27-22-20-18-16-14-12-10-8-6-4-2/h23-25,28-29,32-33H,3-22,26-27,30-31,34H2,1-2H3/q+1. The monoisotopic (exact) mass is 523 g/mol. The first-order valence-electron chi connectivity index (χ1n) is 17.0. The Hall–Kier alpha value is -1.57. The fourth-order valence-electron chi connectivity index (χ4n) is 5.81. The Morgan fingerprint density at radius 2 is 0.974 bits per heavy atom. The number of aryl methyl sites for hydroxylation is 1. The van der Waals surface area contributed by atoms with Gasteiger partial charge in [-0.2, -0.15) is 0 Å². The van der Waals surface area contributed by atoms with Crippen molar-refractivity contribution in [3.8, 4) is 0 Å². The minimum Gasteiger partial charge on any atom is -0.234 e. The smallest absolute Gasteiger partial charge is 0.234 e. The van der Waals surface area contributed by atoms with Crippen LogP contribution in [0.1, 0.15) is 166 Å². The quantitative estimate of drug-likeness (QED) is 0.0856. The number of nitrogens with zero attached hydrogens (tertiary/aromatic N) is 2. The van der Waals surface area contributed by atoms with Gasteiger partial charge in [0.2, 0.25) is 0 Å². The number of benzene rings is 1. The number of rotatable bonds is 26. The molecule has 1 aromatic heterocycles. The zero-order valence-electron chi connectivity index (χ0n) is 25.6. The van der Waals surface area contributed by atoms with E-state index in [1.807, 2.05) is 0 Å². The molecule has 2 nitrogen and oxygen atoms in total. The summed E-state index contributed by atoms with van der Waals surface area (Å²) >= 11 is 0. The van der Waals surface area contributed by atoms with E-state index < -0.39 is 0 Å². The fourth-order valence-corrected chi connectivity index (χ4v) is 5.81. The highest BCUT2D eigenvalue weighted by atomic mass is 15.1. The van der Waals surface area contributed by atoms with Crippen molar-refractivity contribution in [2.45, 2.75) is 175 Å². The summed E-state index contributed by atoms with van der Waals surface area (Å²) in [5.74, 6) is 1.54. The van der Waals surface area contributed by atoms with Gasteiger partial charge in [0, 0.05) is 6.42 Å². The van der Waals surface area contributed by atoms with Gasteiger partial charge in [0.25, 0.3) is 5.82 Å². The van der Waals surface area contributed by atoms with Gasteiger partial charge in [-0.15, -0.1) is 0 Å². The van der Waals surface area contributed by atoms with E-state index in [-0.39, 0.29) is 0 Å². The molecular weight excluding hydrogens is 460 g/mol. The van der Waals surface area contributed by atoms with Crippen molar-refractivity contribution in [2.75, 3.05) is 0 Å². The number of hydrogen-bond donors (Lipinski definition) is 0. The van der Waals surface area contributed by atoms with Gasteiger partial charge in [-0.1, -0.05) is 166 Å². The van der Waals surface area contributed by atoms with Crippen molar-refractivity contribution in [3.05, 3.63) is 54.1 Å². The predicted octanol–water partition coefficient (Wildman–Crippen LogP) is 11.0. The molecule has 0 bridgehead atoms. The van der Waals surface area contributed by atoms with Crippen LogP contribution in [0.25, 0.3) is 0 Å². The third-order valence-electron chi connectivity index (χ3n) is 8.29. The minimum absolute atomic E-state index is 0.999. The first-order valence-corrected chi connectivity index (χ1v) is 17.0. The number of aromatic nitrogens is 2. The van der Waals surface area contributed by atoms with E-state index in [0.717, 1.165) is 6.54 Å². The van der Waals surface area contributed by atoms with Crippen LogP contribution < -0.4 is 4.57 Å². The van der Waals surface area contributed by atoms with Crippen molar-refractivity contribution < 1.29 is 4.57 Å². The molecular formula is C36H63N2+. The van der Waals surface area contributed by atoms with E-state index in [9.17, 15) is 0 Å². The molecule has 0 N–H and O–H groups in total. The Morgan fingerprint density at radius 1 is 0.526 bits per heavy atom. The molecule has 0 atom stereocenters. The number of unbranched alkanes of at least 4 members (excludes halogenated alkanes) is 20. The van der Waals surface area contributed by atoms with Crippen molar-refractivity contribution in [2.24, 2.45) is 0 Å². The largest absolute Gasteiger partial charge is 0.256 e. The maximum Gasteiger partial charge on any atom is 0.256 e. The zero-order chi connectivity index (χ0) is 26.9. The van der Waals surface area contributed by atoms with Gasteiger partial charge in [0.05, 0.1) is 6.54 Å². The summed E-state index contributed by atoms with van der Waals surface area (Å²) in [6, 6.07) is 11.0. The third-order valence-corrected chi connectivity index (χ3v) is 8.29. The lowest BCUT2D eigenvalue weighted by Gasteiger charge is -2.07. The summed E-state index contributed by atoms with van der Waals surface area (Å²) in [6.45, 7) is 6.79. The van der Waals surface area contributed by atoms with E-state index in [0.29, 0.717) is 0 Å². The average Bonchev–Trinajstić information content (AvgIpc) is 3.31. The first-order chi connectivity index (χ1) is 18.8. The highest BCUT2D eigenvalue weighted by Gasteiger charge is 2.17. The van der Waals surface area contributed by atoms with Crippen molar-refractivity contribution >= 4 is 0 Å². The molecule has 0 saturated carbocycles. The second kappa shape index (κ2) is 23.3. The SMILES string of the molecule is CCCCCCCCCCCCCc1n(CCCCCCCCCCCCC)cc[n+]1Cc1ccccc1. The molecule has 216 valence electrons. The third kappa shape index (κ3) is 15.7. The molecule has 1 heterocycles. The van der Waals surface area contributed by atoms with Crippen molar-refractivity contribution in [1.82, 2.24) is 4.57 Å². The Bertz CT molecular complexity index is 763. The molecule has 2 heteroatoms. The first kappa shape index (κ1) is 32.6. The van der Waals surface area contributed by atoms with Gasteiger partial charge >= 0.3 is 0 Å². The molecule has 38 heavy (non-hydrogen) atoms. The van der Waals surface area contributed by atoms with Crippen LogP contribution in [0.4, 0.5) is 0 Å². The normalized spacial score (nSPS) is 11.4. The molecule has 0 aliphatic carbocycles. The van der Waals surface area contributed by atoms with Gasteiger partial charge < -0.3 is 0 Å². The lowest BCUT2D eigenvalue weighted by atomic mass is 10.0. The summed E-state index contributed by atoms with van der Waals surface area (Å²) in [6.07, 6.45) is 37.0. The lowest BCUT2D eigenvalue weighted by Crippen LogP contribution is -2.37. The van der Waals surface area contributed by atoms with E-state index >= 15 is 0 Å². The second-order valence-corrected chi connectivity index (χ2v) is 11.8. The van der Waals surface area contributed by atoms with Crippen LogP contribution in [0.15, 0.2) is 42.7 Å². The van der Waals surface area contributed by atoms with Gasteiger partial charge in [0.15, 0.2) is 0 Å².